The molecule has 23 heavy (non-hydrogen) atoms. The normalized spacial score (nSPS) is 13.0. The van der Waals surface area contributed by atoms with Gasteiger partial charge in [-0.25, -0.2) is 4.79 Å². The summed E-state index contributed by atoms with van der Waals surface area (Å²) < 4.78 is 8.16. The Bertz CT molecular complexity index is 523. The number of nitrogens with zero attached hydrogens (tertiary/aromatic N) is 2. The van der Waals surface area contributed by atoms with E-state index in [1.54, 1.807) is 0 Å². The van der Waals surface area contributed by atoms with Gasteiger partial charge in [-0.2, -0.15) is 5.10 Å². The molecule has 0 saturated carbocycles. The van der Waals surface area contributed by atoms with Crippen LogP contribution in [0.5, 0.6) is 0 Å². The lowest BCUT2D eigenvalue weighted by atomic mass is 10.0. The fourth-order valence-corrected chi connectivity index (χ4v) is 2.96. The Kier molecular flexibility index (Phi) is 7.54. The zero-order valence-electron chi connectivity index (χ0n) is 14.6. The lowest BCUT2D eigenvalue weighted by molar-refractivity contribution is 0.0512. The number of halogens is 1. The van der Waals surface area contributed by atoms with E-state index in [9.17, 15) is 9.90 Å². The molecule has 1 aromatic rings. The summed E-state index contributed by atoms with van der Waals surface area (Å²) in [5, 5.41) is 16.9. The number of hydrogen-bond acceptors (Lipinski definition) is 4. The van der Waals surface area contributed by atoms with Crippen LogP contribution < -0.4 is 5.32 Å². The molecule has 0 saturated heterocycles. The van der Waals surface area contributed by atoms with E-state index in [0.29, 0.717) is 13.0 Å². The molecule has 0 aliphatic heterocycles. The van der Waals surface area contributed by atoms with Crippen molar-refractivity contribution in [2.45, 2.75) is 59.6 Å². The smallest absolute Gasteiger partial charge is 0.407 e. The second-order valence-electron chi connectivity index (χ2n) is 6.51. The van der Waals surface area contributed by atoms with Gasteiger partial charge in [0.15, 0.2) is 0 Å². The molecule has 0 radical (unpaired) electrons. The van der Waals surface area contributed by atoms with Gasteiger partial charge in [-0.1, -0.05) is 6.92 Å². The van der Waals surface area contributed by atoms with Gasteiger partial charge in [0, 0.05) is 25.6 Å². The van der Waals surface area contributed by atoms with Crippen molar-refractivity contribution < 1.29 is 14.6 Å². The Hall–Kier alpha value is -1.08. The van der Waals surface area contributed by atoms with Gasteiger partial charge < -0.3 is 15.2 Å². The number of rotatable bonds is 7. The van der Waals surface area contributed by atoms with Crippen molar-refractivity contribution in [1.82, 2.24) is 15.1 Å². The van der Waals surface area contributed by atoms with E-state index in [2.05, 4.69) is 33.3 Å². The van der Waals surface area contributed by atoms with Gasteiger partial charge in [-0.3, -0.25) is 4.68 Å². The average molecular weight is 390 g/mol. The summed E-state index contributed by atoms with van der Waals surface area (Å²) in [6.45, 7) is 10.7. The molecular formula is C16H28BrN3O3. The second kappa shape index (κ2) is 8.68. The lowest BCUT2D eigenvalue weighted by Crippen LogP contribution is -2.36. The van der Waals surface area contributed by atoms with Crippen LogP contribution in [0.3, 0.4) is 0 Å². The van der Waals surface area contributed by atoms with Crippen molar-refractivity contribution in [2.24, 2.45) is 5.92 Å². The number of carbonyl (C=O) groups excluding carboxylic acids is 1. The molecule has 1 amide bonds. The first-order valence-electron chi connectivity index (χ1n) is 8.03. The van der Waals surface area contributed by atoms with Crippen LogP contribution in [-0.2, 0) is 24.1 Å². The quantitative estimate of drug-likeness (QED) is 0.751. The molecule has 1 aromatic heterocycles. The number of amides is 1. The average Bonchev–Trinajstić information content (AvgIpc) is 2.77. The number of carbonyl (C=O) groups is 1. The minimum Gasteiger partial charge on any atom is -0.444 e. The molecular weight excluding hydrogens is 362 g/mol. The van der Waals surface area contributed by atoms with E-state index < -0.39 is 11.7 Å². The Morgan fingerprint density at radius 2 is 2.09 bits per heavy atom. The molecule has 1 rings (SSSR count). The van der Waals surface area contributed by atoms with Crippen LogP contribution in [0.15, 0.2) is 4.47 Å². The summed E-state index contributed by atoms with van der Waals surface area (Å²) in [7, 11) is 0. The van der Waals surface area contributed by atoms with E-state index in [1.807, 2.05) is 32.4 Å². The van der Waals surface area contributed by atoms with Crippen LogP contribution >= 0.6 is 15.9 Å². The minimum atomic E-state index is -0.529. The standard InChI is InChI=1S/C16H28BrN3O3/c1-6-12-14(17)13(20(7-2)19-12)8-11(10-21)9-18-15(22)23-16(3,4)5/h11,21H,6-10H2,1-5H3,(H,18,22). The number of ether oxygens (including phenoxy) is 1. The minimum absolute atomic E-state index is 0.0153. The number of aliphatic hydroxyl groups excluding tert-OH is 1. The van der Waals surface area contributed by atoms with Crippen molar-refractivity contribution in [3.05, 3.63) is 15.9 Å². The number of aromatic nitrogens is 2. The topological polar surface area (TPSA) is 76.4 Å². The molecule has 2 N–H and O–H groups in total. The van der Waals surface area contributed by atoms with Gasteiger partial charge in [0.2, 0.25) is 0 Å². The van der Waals surface area contributed by atoms with Crippen LogP contribution in [0.1, 0.15) is 46.0 Å². The summed E-state index contributed by atoms with van der Waals surface area (Å²) in [5.74, 6) is -0.0921. The number of nitrogens with one attached hydrogen (secondary N) is 1. The van der Waals surface area contributed by atoms with E-state index >= 15 is 0 Å². The SMILES string of the molecule is CCc1nn(CC)c(CC(CO)CNC(=O)OC(C)(C)C)c1Br. The first-order chi connectivity index (χ1) is 10.7. The zero-order chi connectivity index (χ0) is 17.6. The largest absolute Gasteiger partial charge is 0.444 e. The molecule has 132 valence electrons. The van der Waals surface area contributed by atoms with Crippen LogP contribution in [0.25, 0.3) is 0 Å². The Morgan fingerprint density at radius 3 is 2.57 bits per heavy atom. The maximum atomic E-state index is 11.7. The summed E-state index contributed by atoms with van der Waals surface area (Å²) in [6.07, 6.45) is 1.02. The van der Waals surface area contributed by atoms with Crippen LogP contribution in [0.4, 0.5) is 4.79 Å². The molecule has 0 spiro atoms. The van der Waals surface area contributed by atoms with Gasteiger partial charge in [0.05, 0.1) is 15.9 Å². The zero-order valence-corrected chi connectivity index (χ0v) is 16.2. The van der Waals surface area contributed by atoms with Crippen molar-refractivity contribution >= 4 is 22.0 Å². The van der Waals surface area contributed by atoms with Crippen LogP contribution in [0.2, 0.25) is 0 Å². The third kappa shape index (κ3) is 6.14. The van der Waals surface area contributed by atoms with Crippen LogP contribution in [0, 0.1) is 5.92 Å². The molecule has 1 heterocycles. The highest BCUT2D eigenvalue weighted by Gasteiger charge is 2.20. The van der Waals surface area contributed by atoms with E-state index in [1.165, 1.54) is 0 Å². The first kappa shape index (κ1) is 20.0. The summed E-state index contributed by atoms with van der Waals surface area (Å²) in [5.41, 5.74) is 1.53. The van der Waals surface area contributed by atoms with Crippen molar-refractivity contribution in [2.75, 3.05) is 13.2 Å². The Labute approximate surface area is 146 Å². The monoisotopic (exact) mass is 389 g/mol. The van der Waals surface area contributed by atoms with Crippen LogP contribution in [-0.4, -0.2) is 39.7 Å². The van der Waals surface area contributed by atoms with Gasteiger partial charge >= 0.3 is 6.09 Å². The lowest BCUT2D eigenvalue weighted by Gasteiger charge is -2.21. The Balaban J connectivity index is 2.70. The number of aliphatic hydroxyl groups is 1. The molecule has 7 heteroatoms. The molecule has 0 fully saturated rings. The second-order valence-corrected chi connectivity index (χ2v) is 7.31. The molecule has 1 unspecified atom stereocenters. The number of aryl methyl sites for hydroxylation is 2. The fraction of sp³-hybridized carbons (Fsp3) is 0.750. The van der Waals surface area contributed by atoms with Crippen molar-refractivity contribution in [1.29, 1.82) is 0 Å². The predicted molar refractivity (Wildman–Crippen MR) is 93.5 cm³/mol. The molecule has 0 aliphatic rings. The predicted octanol–water partition coefficient (Wildman–Crippen LogP) is 2.90. The fourth-order valence-electron chi connectivity index (χ4n) is 2.23. The molecule has 1 atom stereocenters. The molecule has 6 nitrogen and oxygen atoms in total. The van der Waals surface area contributed by atoms with Gasteiger partial charge in [0.1, 0.15) is 5.60 Å². The highest BCUT2D eigenvalue weighted by molar-refractivity contribution is 9.10. The van der Waals surface area contributed by atoms with Gasteiger partial charge in [-0.05, 0) is 56.5 Å². The Morgan fingerprint density at radius 1 is 1.43 bits per heavy atom. The third-order valence-electron chi connectivity index (χ3n) is 3.37. The molecule has 0 aromatic carbocycles. The maximum Gasteiger partial charge on any atom is 0.407 e. The maximum absolute atomic E-state index is 11.7. The van der Waals surface area contributed by atoms with Gasteiger partial charge in [-0.15, -0.1) is 0 Å². The summed E-state index contributed by atoms with van der Waals surface area (Å²) in [6, 6.07) is 0. The number of alkyl carbamates (subject to hydrolysis) is 1. The first-order valence-corrected chi connectivity index (χ1v) is 8.82. The molecule has 0 bridgehead atoms. The highest BCUT2D eigenvalue weighted by atomic mass is 79.9. The van der Waals surface area contributed by atoms with E-state index in [4.69, 9.17) is 4.74 Å². The number of hydrogen-bond donors (Lipinski definition) is 2. The van der Waals surface area contributed by atoms with Gasteiger partial charge in [0.25, 0.3) is 0 Å². The highest BCUT2D eigenvalue weighted by Crippen LogP contribution is 2.24. The van der Waals surface area contributed by atoms with Crippen molar-refractivity contribution in [3.8, 4) is 0 Å². The van der Waals surface area contributed by atoms with Crippen molar-refractivity contribution in [3.63, 3.8) is 0 Å². The summed E-state index contributed by atoms with van der Waals surface area (Å²) >= 11 is 3.60. The van der Waals surface area contributed by atoms with E-state index in [0.717, 1.165) is 28.8 Å². The summed E-state index contributed by atoms with van der Waals surface area (Å²) in [4.78, 5) is 11.7. The molecule has 0 aliphatic carbocycles. The third-order valence-corrected chi connectivity index (χ3v) is 4.28. The van der Waals surface area contributed by atoms with E-state index in [-0.39, 0.29) is 12.5 Å².